The van der Waals surface area contributed by atoms with Gasteiger partial charge in [-0.3, -0.25) is 14.4 Å². The second-order valence-corrected chi connectivity index (χ2v) is 23.7. The molecule has 0 aromatic heterocycles. The maximum Gasteiger partial charge on any atom is 0.388 e. The van der Waals surface area contributed by atoms with Gasteiger partial charge in [-0.1, -0.05) is 98.7 Å². The first-order valence-corrected chi connectivity index (χ1v) is 32.3. The molecular formula is C68H91N6O16S+. The van der Waals surface area contributed by atoms with E-state index in [0.717, 1.165) is 28.9 Å². The first-order valence-electron chi connectivity index (χ1n) is 31.0. The lowest BCUT2D eigenvalue weighted by Gasteiger charge is -2.43. The number of carbonyl (C=O) groups is 3. The Morgan fingerprint density at radius 2 is 1.25 bits per heavy atom. The number of esters is 2. The van der Waals surface area contributed by atoms with Gasteiger partial charge in [0.25, 0.3) is 0 Å². The number of nitrogens with one attached hydrogen (secondary N) is 1. The molecule has 0 saturated carbocycles. The average Bonchev–Trinajstić information content (AvgIpc) is 0.964. The molecule has 1 saturated heterocycles. The summed E-state index contributed by atoms with van der Waals surface area (Å²) >= 11 is 0. The summed E-state index contributed by atoms with van der Waals surface area (Å²) in [6.45, 7) is 13.8. The van der Waals surface area contributed by atoms with Gasteiger partial charge in [0.1, 0.15) is 50.0 Å². The number of hydrogen-bond acceptors (Lipinski definition) is 19. The largest absolute Gasteiger partial charge is 0.488 e. The van der Waals surface area contributed by atoms with E-state index in [1.54, 1.807) is 18.2 Å². The molecule has 1 N–H and O–H groups in total. The van der Waals surface area contributed by atoms with E-state index < -0.39 is 46.6 Å². The standard InChI is InChI=1S/C68H91N6O16S/c1-9-61(55-17-12-10-13-18-55)66(56-19-14-11-15-20-56)57-24-29-59(30-25-57)84-40-35-74(7,8)48-54-22-27-60(28-23-54)89-91(78,72-34-39-82-43-42-80-37-32-70-6)90-64-47-58(62(77)21-16-36-79-41-45-83-46-44-81-38-33-71-73-69)26-31-63(64)87-68-51(3)50(2)67(86-53(5)76)65(88-68)49-85-52(4)75/h10-15,17-20,22-31,47,50-51,65,67-68,70H,9,16,21,32-46,48-49H2,1-8H3/q+1/b66-61-/t50-,51-,65-,67-,68+,91?/m1/s1. The molecule has 5 aromatic rings. The summed E-state index contributed by atoms with van der Waals surface area (Å²) in [7, 11) is 1.92. The number of ether oxygens (including phenoxy) is 10. The number of hydrogen-bond donors (Lipinski definition) is 1. The lowest BCUT2D eigenvalue weighted by atomic mass is 9.84. The van der Waals surface area contributed by atoms with Gasteiger partial charge >= 0.3 is 22.2 Å². The zero-order chi connectivity index (χ0) is 65.3. The van der Waals surface area contributed by atoms with Crippen molar-refractivity contribution in [2.24, 2.45) is 21.3 Å². The Labute approximate surface area is 536 Å². The van der Waals surface area contributed by atoms with Crippen molar-refractivity contribution in [3.63, 3.8) is 0 Å². The lowest BCUT2D eigenvalue weighted by molar-refractivity contribution is -0.903. The molecule has 1 unspecified atom stereocenters. The highest BCUT2D eigenvalue weighted by Gasteiger charge is 2.45. The van der Waals surface area contributed by atoms with Crippen molar-refractivity contribution >= 4 is 39.2 Å². The van der Waals surface area contributed by atoms with E-state index in [4.69, 9.17) is 61.3 Å². The maximum atomic E-state index is 15.3. The smallest absolute Gasteiger partial charge is 0.388 e. The third-order valence-electron chi connectivity index (χ3n) is 14.8. The van der Waals surface area contributed by atoms with Crippen LogP contribution in [0.1, 0.15) is 86.5 Å². The normalized spacial score (nSPS) is 17.3. The second-order valence-electron chi connectivity index (χ2n) is 22.3. The molecule has 6 atom stereocenters. The minimum absolute atomic E-state index is 0.0266. The summed E-state index contributed by atoms with van der Waals surface area (Å²) in [4.78, 5) is 40.8. The molecule has 1 aliphatic heterocycles. The van der Waals surface area contributed by atoms with Gasteiger partial charge in [-0.25, -0.2) is 0 Å². The summed E-state index contributed by atoms with van der Waals surface area (Å²) in [5, 5.41) is 6.45. The van der Waals surface area contributed by atoms with Crippen LogP contribution in [0.4, 0.5) is 0 Å². The number of nitrogens with zero attached hydrogens (tertiary/aromatic N) is 5. The summed E-state index contributed by atoms with van der Waals surface area (Å²) in [5.41, 5.74) is 15.5. The van der Waals surface area contributed by atoms with Crippen LogP contribution in [0.25, 0.3) is 21.6 Å². The Hall–Kier alpha value is -7.41. The third kappa shape index (κ3) is 25.3. The van der Waals surface area contributed by atoms with Crippen molar-refractivity contribution in [3.8, 4) is 23.0 Å². The molecule has 0 radical (unpaired) electrons. The molecule has 1 aliphatic rings. The first-order chi connectivity index (χ1) is 44.0. The lowest BCUT2D eigenvalue weighted by Crippen LogP contribution is -2.54. The van der Waals surface area contributed by atoms with Crippen LogP contribution in [0.5, 0.6) is 23.0 Å². The first kappa shape index (κ1) is 72.7. The van der Waals surface area contributed by atoms with Gasteiger partial charge in [0.2, 0.25) is 6.29 Å². The van der Waals surface area contributed by atoms with Crippen LogP contribution >= 0.6 is 0 Å². The number of rotatable bonds is 42. The molecule has 5 aromatic carbocycles. The number of quaternary nitrogens is 1. The van der Waals surface area contributed by atoms with E-state index in [2.05, 4.69) is 101 Å². The summed E-state index contributed by atoms with van der Waals surface area (Å²) < 4.78 is 91.2. The number of Topliss-reactive ketones (excluding diaryl/α,β-unsaturated/α-hetero) is 1. The molecule has 0 bridgehead atoms. The number of carbonyl (C=O) groups excluding carboxylic acids is 3. The predicted molar refractivity (Wildman–Crippen MR) is 347 cm³/mol. The molecule has 494 valence electrons. The molecule has 23 heteroatoms. The monoisotopic (exact) mass is 1280 g/mol. The molecule has 6 rings (SSSR count). The van der Waals surface area contributed by atoms with E-state index in [1.165, 1.54) is 42.7 Å². The van der Waals surface area contributed by atoms with Gasteiger partial charge in [0, 0.05) is 67.8 Å². The van der Waals surface area contributed by atoms with Crippen LogP contribution in [0.2, 0.25) is 0 Å². The Bertz CT molecular complexity index is 3210. The molecule has 91 heavy (non-hydrogen) atoms. The van der Waals surface area contributed by atoms with Crippen molar-refractivity contribution in [2.75, 3.05) is 127 Å². The summed E-state index contributed by atoms with van der Waals surface area (Å²) in [5.74, 6) is -1.32. The Balaban J connectivity index is 1.18. The highest BCUT2D eigenvalue weighted by molar-refractivity contribution is 7.85. The number of likely N-dealkylation sites (N-methyl/N-ethyl adjacent to an activating group) is 2. The Morgan fingerprint density at radius 3 is 1.88 bits per heavy atom. The zero-order valence-corrected chi connectivity index (χ0v) is 54.6. The topological polar surface area (TPSA) is 252 Å². The van der Waals surface area contributed by atoms with Crippen molar-refractivity contribution in [1.29, 1.82) is 0 Å². The van der Waals surface area contributed by atoms with Crippen molar-refractivity contribution < 1.29 is 78.8 Å². The van der Waals surface area contributed by atoms with Crippen LogP contribution < -0.4 is 23.2 Å². The predicted octanol–water partition coefficient (Wildman–Crippen LogP) is 10.9. The van der Waals surface area contributed by atoms with Gasteiger partial charge in [0.05, 0.1) is 80.1 Å². The van der Waals surface area contributed by atoms with E-state index in [9.17, 15) is 14.4 Å². The number of azide groups is 1. The minimum Gasteiger partial charge on any atom is -0.488 e. The quantitative estimate of drug-likeness (QED) is 0.00557. The maximum absolute atomic E-state index is 15.3. The van der Waals surface area contributed by atoms with Gasteiger partial charge in [-0.05, 0) is 108 Å². The Morgan fingerprint density at radius 1 is 0.659 bits per heavy atom. The van der Waals surface area contributed by atoms with E-state index >= 15 is 4.21 Å². The fourth-order valence-electron chi connectivity index (χ4n) is 9.89. The van der Waals surface area contributed by atoms with Crippen LogP contribution in [-0.2, 0) is 64.3 Å². The molecule has 0 spiro atoms. The second kappa shape index (κ2) is 39.1. The van der Waals surface area contributed by atoms with Crippen molar-refractivity contribution in [3.05, 3.63) is 166 Å². The van der Waals surface area contributed by atoms with Gasteiger partial charge in [0.15, 0.2) is 17.3 Å². The van der Waals surface area contributed by atoms with Crippen LogP contribution in [0.3, 0.4) is 0 Å². The minimum atomic E-state index is -4.17. The Kier molecular flexibility index (Phi) is 31.2. The molecule has 1 heterocycles. The highest BCUT2D eigenvalue weighted by Crippen LogP contribution is 2.39. The molecule has 0 amide bonds. The zero-order valence-electron chi connectivity index (χ0n) is 53.8. The summed E-state index contributed by atoms with van der Waals surface area (Å²) in [6, 6.07) is 41.0. The fraction of sp³-hybridized carbons (Fsp3) is 0.485. The number of benzene rings is 5. The highest BCUT2D eigenvalue weighted by atomic mass is 32.2. The molecule has 1 fully saturated rings. The van der Waals surface area contributed by atoms with Crippen molar-refractivity contribution in [2.45, 2.75) is 78.9 Å². The van der Waals surface area contributed by atoms with E-state index in [-0.39, 0.29) is 80.5 Å². The van der Waals surface area contributed by atoms with Gasteiger partial charge < -0.3 is 65.5 Å². The molecular weight excluding hydrogens is 1190 g/mol. The SMILES string of the molecule is CC/C(=C(\c1ccccc1)c1ccc(OCC[N+](C)(C)Cc2ccc(OS(=O)(=NCCOCCOCCNC)Oc3cc(C(=O)CCCOCCOCCOCCN=[N+]=[N-])ccc3O[C@H]3O[C@H](COC(C)=O)[C@H](OC(C)=O)[C@H](C)[C@H]3C)cc2)cc1)c1ccccc1. The third-order valence-corrected chi connectivity index (χ3v) is 16.1. The summed E-state index contributed by atoms with van der Waals surface area (Å²) in [6.07, 6.45) is -1.42. The van der Waals surface area contributed by atoms with Gasteiger partial charge in [-0.2, -0.15) is 8.57 Å². The molecule has 0 aliphatic carbocycles. The van der Waals surface area contributed by atoms with E-state index in [0.29, 0.717) is 83.4 Å². The van der Waals surface area contributed by atoms with Crippen LogP contribution in [0, 0.1) is 11.8 Å². The van der Waals surface area contributed by atoms with Crippen LogP contribution in [-0.4, -0.2) is 172 Å². The number of allylic oxidation sites excluding steroid dienone is 1. The number of ketones is 1. The average molecular weight is 1280 g/mol. The van der Waals surface area contributed by atoms with Crippen molar-refractivity contribution in [1.82, 2.24) is 5.32 Å². The van der Waals surface area contributed by atoms with Crippen LogP contribution in [0.15, 0.2) is 137 Å². The molecule has 22 nitrogen and oxygen atoms in total. The van der Waals surface area contributed by atoms with Gasteiger partial charge in [-0.15, -0.1) is 0 Å². The fourth-order valence-corrected chi connectivity index (χ4v) is 11.0. The van der Waals surface area contributed by atoms with E-state index in [1.807, 2.05) is 57.3 Å².